The molecule has 2 aliphatic heterocycles. The second-order valence-corrected chi connectivity index (χ2v) is 4.49. The minimum Gasteiger partial charge on any atom is -0.389 e. The first-order valence-electron chi connectivity index (χ1n) is 5.57. The van der Waals surface area contributed by atoms with E-state index >= 15 is 0 Å². The number of likely N-dealkylation sites (tertiary alicyclic amines) is 1. The van der Waals surface area contributed by atoms with Gasteiger partial charge >= 0.3 is 6.03 Å². The Bertz CT molecular complexity index is 241. The lowest BCUT2D eigenvalue weighted by molar-refractivity contribution is 0.0154. The molecule has 1 N–H and O–H groups in total. The van der Waals surface area contributed by atoms with Crippen LogP contribution in [0.1, 0.15) is 6.42 Å². The summed E-state index contributed by atoms with van der Waals surface area (Å²) in [6.45, 7) is 4.67. The molecule has 2 amide bonds. The highest BCUT2D eigenvalue weighted by Crippen LogP contribution is 2.12. The maximum atomic E-state index is 11.9. The van der Waals surface area contributed by atoms with Crippen LogP contribution in [0.3, 0.4) is 0 Å². The molecule has 0 radical (unpaired) electrons. The molecule has 2 aliphatic rings. The van der Waals surface area contributed by atoms with Crippen molar-refractivity contribution in [3.63, 3.8) is 0 Å². The Morgan fingerprint density at radius 1 is 1.13 bits per heavy atom. The molecule has 5 nitrogen and oxygen atoms in total. The monoisotopic (exact) mass is 213 g/mol. The summed E-state index contributed by atoms with van der Waals surface area (Å²) in [6, 6.07) is 0.0931. The number of hydrogen-bond acceptors (Lipinski definition) is 3. The molecular formula is C10H19N3O2. The summed E-state index contributed by atoms with van der Waals surface area (Å²) in [5, 5.41) is 9.14. The van der Waals surface area contributed by atoms with Gasteiger partial charge in [-0.3, -0.25) is 0 Å². The quantitative estimate of drug-likeness (QED) is 0.585. The van der Waals surface area contributed by atoms with E-state index < -0.39 is 0 Å². The van der Waals surface area contributed by atoms with Gasteiger partial charge in [0.2, 0.25) is 0 Å². The number of β-amino-alcohol motifs (C(OH)–C–C–N with tert-alkyl or cyclic N) is 1. The van der Waals surface area contributed by atoms with Crippen molar-refractivity contribution in [3.05, 3.63) is 0 Å². The van der Waals surface area contributed by atoms with Crippen LogP contribution in [0.2, 0.25) is 0 Å². The highest BCUT2D eigenvalue weighted by Gasteiger charge is 2.32. The third-order valence-electron chi connectivity index (χ3n) is 3.12. The summed E-state index contributed by atoms with van der Waals surface area (Å²) < 4.78 is 0. The molecule has 15 heavy (non-hydrogen) atoms. The van der Waals surface area contributed by atoms with Crippen molar-refractivity contribution >= 4 is 6.03 Å². The molecule has 2 heterocycles. The minimum atomic E-state index is -0.302. The first kappa shape index (κ1) is 10.7. The predicted octanol–water partition coefficient (Wildman–Crippen LogP) is -0.580. The van der Waals surface area contributed by atoms with E-state index in [9.17, 15) is 4.79 Å². The van der Waals surface area contributed by atoms with Gasteiger partial charge in [-0.1, -0.05) is 0 Å². The molecule has 2 rings (SSSR count). The fourth-order valence-electron chi connectivity index (χ4n) is 2.05. The predicted molar refractivity (Wildman–Crippen MR) is 56.7 cm³/mol. The molecule has 0 bridgehead atoms. The Hall–Kier alpha value is -0.810. The average molecular weight is 213 g/mol. The number of nitrogens with zero attached hydrogens (tertiary/aromatic N) is 3. The van der Waals surface area contributed by atoms with Crippen LogP contribution >= 0.6 is 0 Å². The lowest BCUT2D eigenvalue weighted by Crippen LogP contribution is -2.58. The number of rotatable bonds is 0. The number of carbonyl (C=O) groups is 1. The fourth-order valence-corrected chi connectivity index (χ4v) is 2.05. The minimum absolute atomic E-state index is 0.0931. The second-order valence-electron chi connectivity index (χ2n) is 4.49. The summed E-state index contributed by atoms with van der Waals surface area (Å²) in [5.74, 6) is 0. The zero-order valence-corrected chi connectivity index (χ0v) is 9.22. The van der Waals surface area contributed by atoms with E-state index in [4.69, 9.17) is 5.11 Å². The number of hydrogen-bond donors (Lipinski definition) is 1. The number of urea groups is 1. The van der Waals surface area contributed by atoms with Gasteiger partial charge in [-0.2, -0.15) is 0 Å². The largest absolute Gasteiger partial charge is 0.389 e. The highest BCUT2D eigenvalue weighted by molar-refractivity contribution is 5.75. The van der Waals surface area contributed by atoms with Gasteiger partial charge in [0, 0.05) is 19.6 Å². The summed E-state index contributed by atoms with van der Waals surface area (Å²) in [7, 11) is 2.08. The number of aliphatic hydroxyl groups excluding tert-OH is 1. The van der Waals surface area contributed by atoms with E-state index in [-0.39, 0.29) is 12.1 Å². The van der Waals surface area contributed by atoms with Crippen LogP contribution in [-0.4, -0.2) is 78.3 Å². The van der Waals surface area contributed by atoms with Gasteiger partial charge < -0.3 is 19.8 Å². The van der Waals surface area contributed by atoms with Crippen LogP contribution in [0.5, 0.6) is 0 Å². The number of aliphatic hydroxyl groups is 1. The summed E-state index contributed by atoms with van der Waals surface area (Å²) in [4.78, 5) is 17.8. The van der Waals surface area contributed by atoms with E-state index in [2.05, 4.69) is 11.9 Å². The van der Waals surface area contributed by atoms with Crippen LogP contribution < -0.4 is 0 Å². The van der Waals surface area contributed by atoms with Crippen molar-refractivity contribution in [2.75, 3.05) is 46.3 Å². The number of likely N-dealkylation sites (N-methyl/N-ethyl adjacent to an activating group) is 1. The Balaban J connectivity index is 1.84. The molecule has 0 aliphatic carbocycles. The van der Waals surface area contributed by atoms with Crippen molar-refractivity contribution in [3.8, 4) is 0 Å². The van der Waals surface area contributed by atoms with Crippen LogP contribution in [0.25, 0.3) is 0 Å². The van der Waals surface area contributed by atoms with Gasteiger partial charge in [0.1, 0.15) is 0 Å². The van der Waals surface area contributed by atoms with Crippen molar-refractivity contribution < 1.29 is 9.90 Å². The normalized spacial score (nSPS) is 24.9. The molecule has 0 aromatic heterocycles. The lowest BCUT2D eigenvalue weighted by Gasteiger charge is -2.39. The van der Waals surface area contributed by atoms with E-state index in [1.54, 1.807) is 4.90 Å². The van der Waals surface area contributed by atoms with Crippen molar-refractivity contribution in [1.29, 1.82) is 0 Å². The SMILES string of the molecule is CN1CCCN(C(=O)N2CC(O)C2)CC1. The fraction of sp³-hybridized carbons (Fsp3) is 0.900. The van der Waals surface area contributed by atoms with E-state index in [1.807, 2.05) is 4.90 Å². The van der Waals surface area contributed by atoms with Gasteiger partial charge in [-0.15, -0.1) is 0 Å². The zero-order valence-electron chi connectivity index (χ0n) is 9.22. The topological polar surface area (TPSA) is 47.0 Å². The molecule has 2 saturated heterocycles. The molecule has 0 atom stereocenters. The number of carbonyl (C=O) groups excluding carboxylic acids is 1. The third kappa shape index (κ3) is 2.41. The van der Waals surface area contributed by atoms with Crippen LogP contribution in [0.15, 0.2) is 0 Å². The van der Waals surface area contributed by atoms with Crippen LogP contribution in [0, 0.1) is 0 Å². The molecular weight excluding hydrogens is 194 g/mol. The first-order chi connectivity index (χ1) is 7.16. The molecule has 0 spiro atoms. The third-order valence-corrected chi connectivity index (χ3v) is 3.12. The van der Waals surface area contributed by atoms with Gasteiger partial charge in [-0.25, -0.2) is 4.79 Å². The highest BCUT2D eigenvalue weighted by atomic mass is 16.3. The number of amides is 2. The first-order valence-corrected chi connectivity index (χ1v) is 5.57. The molecule has 0 aromatic rings. The zero-order chi connectivity index (χ0) is 10.8. The lowest BCUT2D eigenvalue weighted by atomic mass is 10.2. The maximum absolute atomic E-state index is 11.9. The van der Waals surface area contributed by atoms with Crippen LogP contribution in [0.4, 0.5) is 4.79 Å². The molecule has 0 unspecified atom stereocenters. The summed E-state index contributed by atoms with van der Waals surface area (Å²) in [6.07, 6.45) is 0.738. The average Bonchev–Trinajstić information content (AvgIpc) is 2.37. The van der Waals surface area contributed by atoms with Gasteiger partial charge in [0.05, 0.1) is 19.2 Å². The standard InChI is InChI=1S/C10H19N3O2/c1-11-3-2-4-12(6-5-11)10(15)13-7-9(14)8-13/h9,14H,2-8H2,1H3. The molecule has 86 valence electrons. The van der Waals surface area contributed by atoms with Crippen LogP contribution in [-0.2, 0) is 0 Å². The van der Waals surface area contributed by atoms with E-state index in [0.717, 1.165) is 32.6 Å². The van der Waals surface area contributed by atoms with E-state index in [0.29, 0.717) is 13.1 Å². The molecule has 0 saturated carbocycles. The summed E-state index contributed by atoms with van der Waals surface area (Å²) >= 11 is 0. The van der Waals surface area contributed by atoms with Gasteiger partial charge in [0.25, 0.3) is 0 Å². The maximum Gasteiger partial charge on any atom is 0.320 e. The van der Waals surface area contributed by atoms with Gasteiger partial charge in [0.15, 0.2) is 0 Å². The Labute approximate surface area is 90.2 Å². The molecule has 0 aromatic carbocycles. The van der Waals surface area contributed by atoms with Gasteiger partial charge in [-0.05, 0) is 20.0 Å². The summed E-state index contributed by atoms with van der Waals surface area (Å²) in [5.41, 5.74) is 0. The van der Waals surface area contributed by atoms with Crippen molar-refractivity contribution in [1.82, 2.24) is 14.7 Å². The van der Waals surface area contributed by atoms with Crippen molar-refractivity contribution in [2.24, 2.45) is 0 Å². The van der Waals surface area contributed by atoms with E-state index in [1.165, 1.54) is 0 Å². The second kappa shape index (κ2) is 4.37. The molecule has 2 fully saturated rings. The Kier molecular flexibility index (Phi) is 3.11. The van der Waals surface area contributed by atoms with Crippen molar-refractivity contribution in [2.45, 2.75) is 12.5 Å². The Morgan fingerprint density at radius 2 is 1.87 bits per heavy atom. The Morgan fingerprint density at radius 3 is 2.53 bits per heavy atom. The smallest absolute Gasteiger partial charge is 0.320 e. The molecule has 5 heteroatoms.